The Bertz CT molecular complexity index is 1400. The van der Waals surface area contributed by atoms with E-state index in [1.165, 1.54) is 6.21 Å². The maximum absolute atomic E-state index is 13.1. The number of nitrogens with one attached hydrogen (secondary N) is 1. The predicted octanol–water partition coefficient (Wildman–Crippen LogP) is 5.51. The van der Waals surface area contributed by atoms with Gasteiger partial charge in [0.1, 0.15) is 18.9 Å². The smallest absolute Gasteiger partial charge is 0.416 e. The van der Waals surface area contributed by atoms with E-state index in [2.05, 4.69) is 10.5 Å². The van der Waals surface area contributed by atoms with E-state index in [4.69, 9.17) is 27.9 Å². The SMILES string of the molecule is CS(=O)(=O)N(CC(=O)N/N=C/c1ccc(OCc2cccc(Cl)c2)cc1)c1cc(C(F)(F)F)ccc1Cl. The summed E-state index contributed by atoms with van der Waals surface area (Å²) in [6, 6.07) is 16.2. The molecule has 0 aromatic heterocycles. The number of anilines is 1. The minimum atomic E-state index is -4.73. The van der Waals surface area contributed by atoms with Crippen molar-refractivity contribution in [2.75, 3.05) is 17.1 Å². The number of alkyl halides is 3. The molecule has 0 spiro atoms. The number of hydrogen-bond acceptors (Lipinski definition) is 5. The third-order valence-electron chi connectivity index (χ3n) is 4.81. The van der Waals surface area contributed by atoms with Crippen LogP contribution in [-0.4, -0.2) is 33.3 Å². The minimum absolute atomic E-state index is 0.271. The zero-order valence-electron chi connectivity index (χ0n) is 19.2. The summed E-state index contributed by atoms with van der Waals surface area (Å²) < 4.78 is 69.9. The van der Waals surface area contributed by atoms with E-state index in [0.717, 1.165) is 17.9 Å². The molecule has 3 aromatic rings. The zero-order chi connectivity index (χ0) is 27.2. The van der Waals surface area contributed by atoms with E-state index in [-0.39, 0.29) is 5.02 Å². The van der Waals surface area contributed by atoms with Crippen LogP contribution in [0.5, 0.6) is 5.75 Å². The fraction of sp³-hybridized carbons (Fsp3) is 0.167. The molecule has 0 saturated carbocycles. The minimum Gasteiger partial charge on any atom is -0.489 e. The fourth-order valence-corrected chi connectivity index (χ4v) is 4.39. The van der Waals surface area contributed by atoms with Gasteiger partial charge in [-0.05, 0) is 65.7 Å². The summed E-state index contributed by atoms with van der Waals surface area (Å²) in [5, 5.41) is 4.10. The number of ether oxygens (including phenoxy) is 1. The average molecular weight is 574 g/mol. The van der Waals surface area contributed by atoms with E-state index in [1.54, 1.807) is 36.4 Å². The van der Waals surface area contributed by atoms with Crippen LogP contribution in [0.4, 0.5) is 18.9 Å². The topological polar surface area (TPSA) is 88.1 Å². The van der Waals surface area contributed by atoms with Gasteiger partial charge < -0.3 is 4.74 Å². The number of sulfonamides is 1. The summed E-state index contributed by atoms with van der Waals surface area (Å²) in [6.45, 7) is -0.524. The molecule has 7 nitrogen and oxygen atoms in total. The largest absolute Gasteiger partial charge is 0.489 e. The lowest BCUT2D eigenvalue weighted by molar-refractivity contribution is -0.137. The highest BCUT2D eigenvalue weighted by Crippen LogP contribution is 2.36. The van der Waals surface area contributed by atoms with Crippen molar-refractivity contribution < 1.29 is 31.1 Å². The lowest BCUT2D eigenvalue weighted by Gasteiger charge is -2.23. The van der Waals surface area contributed by atoms with Crippen LogP contribution < -0.4 is 14.5 Å². The molecule has 0 heterocycles. The quantitative estimate of drug-likeness (QED) is 0.270. The molecule has 0 fully saturated rings. The van der Waals surface area contributed by atoms with Crippen LogP contribution in [0.15, 0.2) is 71.8 Å². The third-order valence-corrected chi connectivity index (χ3v) is 6.49. The lowest BCUT2D eigenvalue weighted by atomic mass is 10.2. The van der Waals surface area contributed by atoms with Gasteiger partial charge in [-0.15, -0.1) is 0 Å². The number of hydrogen-bond donors (Lipinski definition) is 1. The van der Waals surface area contributed by atoms with Crippen LogP contribution in [0.3, 0.4) is 0 Å². The molecular formula is C24H20Cl2F3N3O4S. The van der Waals surface area contributed by atoms with Crippen molar-refractivity contribution in [3.05, 3.63) is 93.5 Å². The molecule has 13 heteroatoms. The van der Waals surface area contributed by atoms with E-state index in [1.807, 2.05) is 12.1 Å². The third kappa shape index (κ3) is 8.38. The van der Waals surface area contributed by atoms with Crippen LogP contribution in [0, 0.1) is 0 Å². The molecule has 1 N–H and O–H groups in total. The van der Waals surface area contributed by atoms with Crippen LogP contribution in [0.2, 0.25) is 10.0 Å². The van der Waals surface area contributed by atoms with Gasteiger partial charge in [0.15, 0.2) is 0 Å². The normalized spacial score (nSPS) is 11.9. The van der Waals surface area contributed by atoms with Crippen molar-refractivity contribution in [3.8, 4) is 5.75 Å². The van der Waals surface area contributed by atoms with Crippen molar-refractivity contribution in [2.24, 2.45) is 5.10 Å². The number of halogens is 5. The van der Waals surface area contributed by atoms with Crippen LogP contribution >= 0.6 is 23.2 Å². The van der Waals surface area contributed by atoms with Gasteiger partial charge in [0.05, 0.1) is 28.7 Å². The molecule has 0 atom stereocenters. The van der Waals surface area contributed by atoms with Gasteiger partial charge in [0.2, 0.25) is 10.0 Å². The second kappa shape index (κ2) is 11.8. The molecule has 37 heavy (non-hydrogen) atoms. The van der Waals surface area contributed by atoms with E-state index in [0.29, 0.717) is 39.4 Å². The second-order valence-electron chi connectivity index (χ2n) is 7.71. The summed E-state index contributed by atoms with van der Waals surface area (Å²) in [7, 11) is -4.16. The summed E-state index contributed by atoms with van der Waals surface area (Å²) in [6.07, 6.45) is -2.68. The first kappa shape index (κ1) is 28.3. The molecule has 0 bridgehead atoms. The Balaban J connectivity index is 1.62. The molecule has 0 unspecified atom stereocenters. The van der Waals surface area contributed by atoms with Crippen molar-refractivity contribution in [3.63, 3.8) is 0 Å². The first-order valence-corrected chi connectivity index (χ1v) is 13.1. The fourth-order valence-electron chi connectivity index (χ4n) is 3.05. The Morgan fingerprint density at radius 2 is 1.78 bits per heavy atom. The molecular weight excluding hydrogens is 554 g/mol. The summed E-state index contributed by atoms with van der Waals surface area (Å²) in [5.41, 5.74) is 2.05. The Morgan fingerprint density at radius 3 is 2.41 bits per heavy atom. The Hall–Kier alpha value is -3.28. The van der Waals surface area contributed by atoms with Crippen molar-refractivity contribution >= 4 is 51.0 Å². The molecule has 1 amide bonds. The first-order chi connectivity index (χ1) is 17.3. The van der Waals surface area contributed by atoms with Crippen LogP contribution in [0.1, 0.15) is 16.7 Å². The Morgan fingerprint density at radius 1 is 1.08 bits per heavy atom. The number of hydrazone groups is 1. The van der Waals surface area contributed by atoms with Gasteiger partial charge in [0.25, 0.3) is 5.91 Å². The van der Waals surface area contributed by atoms with Gasteiger partial charge in [-0.2, -0.15) is 18.3 Å². The Kier molecular flexibility index (Phi) is 9.06. The van der Waals surface area contributed by atoms with Crippen LogP contribution in [-0.2, 0) is 27.6 Å². The van der Waals surface area contributed by atoms with Crippen LogP contribution in [0.25, 0.3) is 0 Å². The molecule has 0 radical (unpaired) electrons. The number of carbonyl (C=O) groups excluding carboxylic acids is 1. The van der Waals surface area contributed by atoms with Gasteiger partial charge in [-0.3, -0.25) is 9.10 Å². The number of rotatable bonds is 9. The summed E-state index contributed by atoms with van der Waals surface area (Å²) in [5.74, 6) is -0.306. The highest BCUT2D eigenvalue weighted by Gasteiger charge is 2.33. The monoisotopic (exact) mass is 573 g/mol. The molecule has 3 aromatic carbocycles. The molecule has 0 aliphatic heterocycles. The Labute approximate surface area is 221 Å². The van der Waals surface area contributed by atoms with Crippen molar-refractivity contribution in [1.82, 2.24) is 5.43 Å². The van der Waals surface area contributed by atoms with Gasteiger partial charge in [0, 0.05) is 5.02 Å². The molecule has 3 rings (SSSR count). The van der Waals surface area contributed by atoms with Gasteiger partial charge >= 0.3 is 6.18 Å². The first-order valence-electron chi connectivity index (χ1n) is 10.5. The molecule has 196 valence electrons. The number of carbonyl (C=O) groups is 1. The lowest BCUT2D eigenvalue weighted by Crippen LogP contribution is -2.39. The second-order valence-corrected chi connectivity index (χ2v) is 10.5. The van der Waals surface area contributed by atoms with Gasteiger partial charge in [-0.1, -0.05) is 35.3 Å². The number of nitrogens with zero attached hydrogens (tertiary/aromatic N) is 2. The molecule has 0 aliphatic rings. The average Bonchev–Trinajstić information content (AvgIpc) is 2.81. The number of benzene rings is 3. The molecule has 0 saturated heterocycles. The van der Waals surface area contributed by atoms with E-state index < -0.39 is 39.9 Å². The maximum Gasteiger partial charge on any atom is 0.416 e. The van der Waals surface area contributed by atoms with E-state index >= 15 is 0 Å². The van der Waals surface area contributed by atoms with Crippen molar-refractivity contribution in [2.45, 2.75) is 12.8 Å². The van der Waals surface area contributed by atoms with Gasteiger partial charge in [-0.25, -0.2) is 13.8 Å². The summed E-state index contributed by atoms with van der Waals surface area (Å²) in [4.78, 5) is 12.3. The standard InChI is InChI=1S/C24H20Cl2F3N3O4S/c1-37(34,35)32(22-12-18(24(27,28)29)7-10-21(22)26)14-23(33)31-30-13-16-5-8-20(9-6-16)36-15-17-3-2-4-19(25)11-17/h2-13H,14-15H2,1H3,(H,31,33)/b30-13+. The summed E-state index contributed by atoms with van der Waals surface area (Å²) >= 11 is 11.9. The maximum atomic E-state index is 13.1. The highest BCUT2D eigenvalue weighted by molar-refractivity contribution is 7.92. The number of amides is 1. The van der Waals surface area contributed by atoms with E-state index in [9.17, 15) is 26.4 Å². The highest BCUT2D eigenvalue weighted by atomic mass is 35.5. The molecule has 0 aliphatic carbocycles. The predicted molar refractivity (Wildman–Crippen MR) is 137 cm³/mol. The van der Waals surface area contributed by atoms with Crippen molar-refractivity contribution in [1.29, 1.82) is 0 Å². The zero-order valence-corrected chi connectivity index (χ0v) is 21.5.